The van der Waals surface area contributed by atoms with E-state index in [0.29, 0.717) is 23.8 Å². The van der Waals surface area contributed by atoms with Gasteiger partial charge in [0.25, 0.3) is 0 Å². The van der Waals surface area contributed by atoms with Crippen LogP contribution in [0.4, 0.5) is 5.69 Å². The minimum absolute atomic E-state index is 0.0764. The lowest BCUT2D eigenvalue weighted by Crippen LogP contribution is -2.55. The summed E-state index contributed by atoms with van der Waals surface area (Å²) in [7, 11) is 0. The standard InChI is InChI=1S/C13H16ClN3O2/c1-9(13(15)19)16-6-7-17(12(18)8-16)11-5-3-2-4-10(11)14/h2-5,9H,6-8H2,1H3,(H2,15,19). The first-order valence-electron chi connectivity index (χ1n) is 6.09. The summed E-state index contributed by atoms with van der Waals surface area (Å²) < 4.78 is 0. The quantitative estimate of drug-likeness (QED) is 0.894. The molecule has 1 fully saturated rings. The maximum atomic E-state index is 12.2. The van der Waals surface area contributed by atoms with Gasteiger partial charge in [0.05, 0.1) is 23.3 Å². The Labute approximate surface area is 116 Å². The summed E-state index contributed by atoms with van der Waals surface area (Å²) in [5.74, 6) is -0.494. The second-order valence-corrected chi connectivity index (χ2v) is 4.95. The number of para-hydroxylation sites is 1. The first-order valence-corrected chi connectivity index (χ1v) is 6.46. The summed E-state index contributed by atoms with van der Waals surface area (Å²) in [6.07, 6.45) is 0. The van der Waals surface area contributed by atoms with Gasteiger partial charge < -0.3 is 10.6 Å². The van der Waals surface area contributed by atoms with E-state index < -0.39 is 11.9 Å². The molecule has 1 saturated heterocycles. The highest BCUT2D eigenvalue weighted by Crippen LogP contribution is 2.26. The van der Waals surface area contributed by atoms with E-state index in [2.05, 4.69) is 0 Å². The van der Waals surface area contributed by atoms with Gasteiger partial charge in [0.15, 0.2) is 0 Å². The summed E-state index contributed by atoms with van der Waals surface area (Å²) in [6, 6.07) is 6.79. The van der Waals surface area contributed by atoms with E-state index in [1.54, 1.807) is 22.8 Å². The monoisotopic (exact) mass is 281 g/mol. The number of nitrogens with two attached hydrogens (primary N) is 1. The number of hydrogen-bond acceptors (Lipinski definition) is 3. The first-order chi connectivity index (χ1) is 9.00. The molecule has 0 aromatic heterocycles. The van der Waals surface area contributed by atoms with Crippen LogP contribution in [0.5, 0.6) is 0 Å². The van der Waals surface area contributed by atoms with Crippen LogP contribution in [0, 0.1) is 0 Å². The molecule has 0 saturated carbocycles. The van der Waals surface area contributed by atoms with E-state index in [1.165, 1.54) is 0 Å². The van der Waals surface area contributed by atoms with Crippen molar-refractivity contribution < 1.29 is 9.59 Å². The molecule has 1 unspecified atom stereocenters. The zero-order valence-corrected chi connectivity index (χ0v) is 11.4. The predicted molar refractivity (Wildman–Crippen MR) is 74.0 cm³/mol. The van der Waals surface area contributed by atoms with Gasteiger partial charge in [0.1, 0.15) is 0 Å². The Kier molecular flexibility index (Phi) is 4.07. The van der Waals surface area contributed by atoms with Crippen molar-refractivity contribution in [3.05, 3.63) is 29.3 Å². The van der Waals surface area contributed by atoms with Crippen LogP contribution in [0.1, 0.15) is 6.92 Å². The van der Waals surface area contributed by atoms with Gasteiger partial charge in [-0.15, -0.1) is 0 Å². The SMILES string of the molecule is CC(C(N)=O)N1CCN(c2ccccc2Cl)C(=O)C1. The van der Waals surface area contributed by atoms with Crippen molar-refractivity contribution in [1.29, 1.82) is 0 Å². The van der Waals surface area contributed by atoms with Crippen molar-refractivity contribution in [3.63, 3.8) is 0 Å². The van der Waals surface area contributed by atoms with Crippen molar-refractivity contribution in [2.45, 2.75) is 13.0 Å². The summed E-state index contributed by atoms with van der Waals surface area (Å²) >= 11 is 6.09. The highest BCUT2D eigenvalue weighted by atomic mass is 35.5. The number of halogens is 1. The molecule has 1 atom stereocenters. The van der Waals surface area contributed by atoms with Gasteiger partial charge in [-0.1, -0.05) is 23.7 Å². The van der Waals surface area contributed by atoms with E-state index >= 15 is 0 Å². The van der Waals surface area contributed by atoms with Crippen LogP contribution in [-0.2, 0) is 9.59 Å². The molecule has 1 aliphatic heterocycles. The molecule has 0 bridgehead atoms. The van der Waals surface area contributed by atoms with Gasteiger partial charge in [-0.05, 0) is 19.1 Å². The highest BCUT2D eigenvalue weighted by molar-refractivity contribution is 6.33. The van der Waals surface area contributed by atoms with Crippen LogP contribution in [0.25, 0.3) is 0 Å². The van der Waals surface area contributed by atoms with E-state index in [4.69, 9.17) is 17.3 Å². The van der Waals surface area contributed by atoms with E-state index in [9.17, 15) is 9.59 Å². The Morgan fingerprint density at radius 3 is 2.63 bits per heavy atom. The molecule has 1 heterocycles. The van der Waals surface area contributed by atoms with E-state index in [0.717, 1.165) is 0 Å². The average Bonchev–Trinajstić information content (AvgIpc) is 2.38. The summed E-state index contributed by atoms with van der Waals surface area (Å²) in [5, 5.41) is 0.548. The first kappa shape index (κ1) is 13.8. The van der Waals surface area contributed by atoms with E-state index in [1.807, 2.05) is 18.2 Å². The van der Waals surface area contributed by atoms with Gasteiger partial charge in [0.2, 0.25) is 11.8 Å². The molecule has 1 aromatic rings. The molecule has 2 rings (SSSR count). The molecule has 1 aromatic carbocycles. The fourth-order valence-corrected chi connectivity index (χ4v) is 2.36. The van der Waals surface area contributed by atoms with E-state index in [-0.39, 0.29) is 12.5 Å². The van der Waals surface area contributed by atoms with Crippen molar-refractivity contribution >= 4 is 29.1 Å². The van der Waals surface area contributed by atoms with Gasteiger partial charge >= 0.3 is 0 Å². The number of nitrogens with zero attached hydrogens (tertiary/aromatic N) is 2. The molecule has 2 N–H and O–H groups in total. The molecular formula is C13H16ClN3O2. The number of hydrogen-bond donors (Lipinski definition) is 1. The zero-order chi connectivity index (χ0) is 14.0. The molecular weight excluding hydrogens is 266 g/mol. The highest BCUT2D eigenvalue weighted by Gasteiger charge is 2.30. The molecule has 6 heteroatoms. The molecule has 5 nitrogen and oxygen atoms in total. The third-order valence-corrected chi connectivity index (χ3v) is 3.67. The normalized spacial score (nSPS) is 18.4. The number of benzene rings is 1. The summed E-state index contributed by atoms with van der Waals surface area (Å²) in [5.41, 5.74) is 5.96. The molecule has 1 aliphatic rings. The third kappa shape index (κ3) is 2.88. The number of anilines is 1. The lowest BCUT2D eigenvalue weighted by atomic mass is 10.2. The minimum Gasteiger partial charge on any atom is -0.368 e. The fraction of sp³-hybridized carbons (Fsp3) is 0.385. The molecule has 19 heavy (non-hydrogen) atoms. The molecule has 0 spiro atoms. The number of amides is 2. The number of carbonyl (C=O) groups excluding carboxylic acids is 2. The molecule has 2 amide bonds. The summed E-state index contributed by atoms with van der Waals surface area (Å²) in [4.78, 5) is 26.7. The van der Waals surface area contributed by atoms with Crippen LogP contribution >= 0.6 is 11.6 Å². The second-order valence-electron chi connectivity index (χ2n) is 4.55. The second kappa shape index (κ2) is 5.59. The van der Waals surface area contributed by atoms with Crippen LogP contribution in [0.2, 0.25) is 5.02 Å². The molecule has 102 valence electrons. The van der Waals surface area contributed by atoms with Gasteiger partial charge in [-0.3, -0.25) is 14.5 Å². The fourth-order valence-electron chi connectivity index (χ4n) is 2.13. The third-order valence-electron chi connectivity index (χ3n) is 3.35. The Balaban J connectivity index is 2.12. The van der Waals surface area contributed by atoms with Crippen LogP contribution in [0.15, 0.2) is 24.3 Å². The predicted octanol–water partition coefficient (Wildman–Crippen LogP) is 0.862. The Hall–Kier alpha value is -1.59. The maximum Gasteiger partial charge on any atom is 0.241 e. The Bertz CT molecular complexity index is 506. The minimum atomic E-state index is -0.433. The van der Waals surface area contributed by atoms with Crippen LogP contribution in [-0.4, -0.2) is 42.4 Å². The number of piperazine rings is 1. The van der Waals surface area contributed by atoms with Crippen molar-refractivity contribution in [3.8, 4) is 0 Å². The average molecular weight is 282 g/mol. The van der Waals surface area contributed by atoms with Gasteiger partial charge in [-0.2, -0.15) is 0 Å². The van der Waals surface area contributed by atoms with Crippen molar-refractivity contribution in [1.82, 2.24) is 4.90 Å². The van der Waals surface area contributed by atoms with Crippen molar-refractivity contribution in [2.75, 3.05) is 24.5 Å². The number of rotatable bonds is 3. The molecule has 0 radical (unpaired) electrons. The van der Waals surface area contributed by atoms with Gasteiger partial charge in [0, 0.05) is 13.1 Å². The van der Waals surface area contributed by atoms with Crippen LogP contribution < -0.4 is 10.6 Å². The Morgan fingerprint density at radius 1 is 1.37 bits per heavy atom. The van der Waals surface area contributed by atoms with Crippen LogP contribution in [0.3, 0.4) is 0 Å². The topological polar surface area (TPSA) is 66.6 Å². The van der Waals surface area contributed by atoms with Crippen molar-refractivity contribution in [2.24, 2.45) is 5.73 Å². The van der Waals surface area contributed by atoms with Gasteiger partial charge in [-0.25, -0.2) is 0 Å². The largest absolute Gasteiger partial charge is 0.368 e. The zero-order valence-electron chi connectivity index (χ0n) is 10.7. The summed E-state index contributed by atoms with van der Waals surface area (Å²) in [6.45, 7) is 2.98. The number of carbonyl (C=O) groups is 2. The molecule has 0 aliphatic carbocycles. The lowest BCUT2D eigenvalue weighted by Gasteiger charge is -2.36. The lowest BCUT2D eigenvalue weighted by molar-refractivity contribution is -0.126. The maximum absolute atomic E-state index is 12.2. The number of primary amides is 1. The Morgan fingerprint density at radius 2 is 2.05 bits per heavy atom. The smallest absolute Gasteiger partial charge is 0.241 e.